The smallest absolute Gasteiger partial charge is 0.322 e. The molecule has 0 spiro atoms. The second-order valence-electron chi connectivity index (χ2n) is 7.52. The van der Waals surface area contributed by atoms with Gasteiger partial charge in [0.1, 0.15) is 0 Å². The molecule has 0 saturated carbocycles. The van der Waals surface area contributed by atoms with Gasteiger partial charge in [-0.3, -0.25) is 4.79 Å². The minimum absolute atomic E-state index is 0.0123. The summed E-state index contributed by atoms with van der Waals surface area (Å²) in [5.41, 5.74) is 2.41. The number of urea groups is 1. The van der Waals surface area contributed by atoms with Crippen molar-refractivity contribution >= 4 is 38.8 Å². The van der Waals surface area contributed by atoms with Crippen LogP contribution in [0.3, 0.4) is 0 Å². The Morgan fingerprint density at radius 3 is 2.09 bits per heavy atom. The van der Waals surface area contributed by atoms with E-state index in [1.54, 1.807) is 63.2 Å². The maximum absolute atomic E-state index is 13.0. The molecule has 0 aliphatic heterocycles. The third-order valence-electron chi connectivity index (χ3n) is 4.83. The Bertz CT molecular complexity index is 1240. The van der Waals surface area contributed by atoms with Crippen LogP contribution in [0.4, 0.5) is 21.9 Å². The van der Waals surface area contributed by atoms with Gasteiger partial charge in [-0.15, -0.1) is 0 Å². The van der Waals surface area contributed by atoms with Gasteiger partial charge < -0.3 is 16.0 Å². The molecular weight excluding hydrogens is 426 g/mol. The van der Waals surface area contributed by atoms with Crippen molar-refractivity contribution in [2.24, 2.45) is 0 Å². The van der Waals surface area contributed by atoms with E-state index in [2.05, 4.69) is 16.0 Å². The van der Waals surface area contributed by atoms with Crippen LogP contribution in [0.2, 0.25) is 0 Å². The van der Waals surface area contributed by atoms with E-state index < -0.39 is 27.0 Å². The lowest BCUT2D eigenvalue weighted by Gasteiger charge is -2.15. The summed E-state index contributed by atoms with van der Waals surface area (Å²) >= 11 is 0. The average Bonchev–Trinajstić information content (AvgIpc) is 2.76. The van der Waals surface area contributed by atoms with E-state index in [1.165, 1.54) is 12.1 Å². The third kappa shape index (κ3) is 5.33. The Labute approximate surface area is 187 Å². The first-order valence-corrected chi connectivity index (χ1v) is 11.6. The highest BCUT2D eigenvalue weighted by molar-refractivity contribution is 7.92. The number of carbonyl (C=O) groups excluding carboxylic acids is 2. The second kappa shape index (κ2) is 9.65. The molecular formula is C24H25N3O4S. The molecule has 3 N–H and O–H groups in total. The summed E-state index contributed by atoms with van der Waals surface area (Å²) in [4.78, 5) is 25.2. The first-order valence-electron chi connectivity index (χ1n) is 10.1. The number of carbonyl (C=O) groups is 2. The monoisotopic (exact) mass is 451 g/mol. The summed E-state index contributed by atoms with van der Waals surface area (Å²) in [6.45, 7) is 4.95. The number of benzene rings is 3. The molecule has 0 bridgehead atoms. The van der Waals surface area contributed by atoms with Gasteiger partial charge in [-0.05, 0) is 62.7 Å². The van der Waals surface area contributed by atoms with Gasteiger partial charge in [0, 0.05) is 17.1 Å². The Morgan fingerprint density at radius 1 is 0.781 bits per heavy atom. The lowest BCUT2D eigenvalue weighted by atomic mass is 10.1. The van der Waals surface area contributed by atoms with Gasteiger partial charge in [-0.2, -0.15) is 0 Å². The quantitative estimate of drug-likeness (QED) is 0.486. The SMILES string of the molecule is Cc1ccc(NC(=O)Nc2ccccc2)cc1NC(=O)c1ccccc1S(=O)(=O)C(C)C. The van der Waals surface area contributed by atoms with E-state index in [0.29, 0.717) is 17.1 Å². The highest BCUT2D eigenvalue weighted by Crippen LogP contribution is 2.24. The van der Waals surface area contributed by atoms with Gasteiger partial charge in [-0.25, -0.2) is 13.2 Å². The van der Waals surface area contributed by atoms with Crippen molar-refractivity contribution in [3.05, 3.63) is 83.9 Å². The van der Waals surface area contributed by atoms with Crippen LogP contribution in [0.25, 0.3) is 0 Å². The van der Waals surface area contributed by atoms with E-state index in [9.17, 15) is 18.0 Å². The highest BCUT2D eigenvalue weighted by atomic mass is 32.2. The summed E-state index contributed by atoms with van der Waals surface area (Å²) in [5, 5.41) is 7.55. The van der Waals surface area contributed by atoms with E-state index in [-0.39, 0.29) is 10.5 Å². The Balaban J connectivity index is 1.80. The molecule has 0 fully saturated rings. The zero-order chi connectivity index (χ0) is 23.3. The van der Waals surface area contributed by atoms with Crippen LogP contribution in [0.5, 0.6) is 0 Å². The second-order valence-corrected chi connectivity index (χ2v) is 9.99. The first-order chi connectivity index (χ1) is 15.2. The molecule has 3 aromatic rings. The molecule has 0 aliphatic rings. The Morgan fingerprint density at radius 2 is 1.41 bits per heavy atom. The van der Waals surface area contributed by atoms with Crippen LogP contribution in [0, 0.1) is 6.92 Å². The summed E-state index contributed by atoms with van der Waals surface area (Å²) in [6, 6.07) is 19.8. The van der Waals surface area contributed by atoms with E-state index in [1.807, 2.05) is 18.2 Å². The summed E-state index contributed by atoms with van der Waals surface area (Å²) in [7, 11) is -3.63. The molecule has 7 nitrogen and oxygen atoms in total. The van der Waals surface area contributed by atoms with Crippen LogP contribution in [-0.4, -0.2) is 25.6 Å². The number of hydrogen-bond acceptors (Lipinski definition) is 4. The van der Waals surface area contributed by atoms with Gasteiger partial charge in [0.05, 0.1) is 15.7 Å². The number of nitrogens with one attached hydrogen (secondary N) is 3. The van der Waals surface area contributed by atoms with Crippen molar-refractivity contribution in [1.82, 2.24) is 0 Å². The highest BCUT2D eigenvalue weighted by Gasteiger charge is 2.25. The first kappa shape index (κ1) is 23.0. The molecule has 0 unspecified atom stereocenters. The Hall–Kier alpha value is -3.65. The molecule has 0 heterocycles. The van der Waals surface area contributed by atoms with Crippen LogP contribution in [0.15, 0.2) is 77.7 Å². The van der Waals surface area contributed by atoms with Crippen LogP contribution >= 0.6 is 0 Å². The van der Waals surface area contributed by atoms with E-state index in [0.717, 1.165) is 5.56 Å². The fourth-order valence-corrected chi connectivity index (χ4v) is 4.24. The molecule has 0 radical (unpaired) electrons. The molecule has 8 heteroatoms. The van der Waals surface area contributed by atoms with Crippen molar-refractivity contribution in [3.8, 4) is 0 Å². The molecule has 0 aliphatic carbocycles. The number of hydrogen-bond donors (Lipinski definition) is 3. The molecule has 3 rings (SSSR count). The maximum Gasteiger partial charge on any atom is 0.323 e. The number of amides is 3. The molecule has 32 heavy (non-hydrogen) atoms. The lowest BCUT2D eigenvalue weighted by molar-refractivity contribution is 0.102. The minimum atomic E-state index is -3.63. The number of sulfone groups is 1. The Kier molecular flexibility index (Phi) is 6.95. The predicted molar refractivity (Wildman–Crippen MR) is 127 cm³/mol. The van der Waals surface area contributed by atoms with Gasteiger partial charge in [-0.1, -0.05) is 36.4 Å². The average molecular weight is 452 g/mol. The number of rotatable bonds is 6. The summed E-state index contributed by atoms with van der Waals surface area (Å²) in [5.74, 6) is -0.543. The molecule has 0 saturated heterocycles. The lowest BCUT2D eigenvalue weighted by Crippen LogP contribution is -2.21. The third-order valence-corrected chi connectivity index (χ3v) is 7.04. The van der Waals surface area contributed by atoms with Crippen molar-refractivity contribution in [2.75, 3.05) is 16.0 Å². The summed E-state index contributed by atoms with van der Waals surface area (Å²) < 4.78 is 25.3. The van der Waals surface area contributed by atoms with Gasteiger partial charge in [0.25, 0.3) is 5.91 Å². The number of para-hydroxylation sites is 1. The molecule has 3 amide bonds. The molecule has 0 atom stereocenters. The van der Waals surface area contributed by atoms with Gasteiger partial charge in [0.15, 0.2) is 9.84 Å². The fourth-order valence-electron chi connectivity index (χ4n) is 3.00. The van der Waals surface area contributed by atoms with Gasteiger partial charge >= 0.3 is 6.03 Å². The van der Waals surface area contributed by atoms with Crippen molar-refractivity contribution in [3.63, 3.8) is 0 Å². The van der Waals surface area contributed by atoms with Crippen LogP contribution < -0.4 is 16.0 Å². The molecule has 0 aromatic heterocycles. The van der Waals surface area contributed by atoms with Crippen LogP contribution in [-0.2, 0) is 9.84 Å². The number of aryl methyl sites for hydroxylation is 1. The fraction of sp³-hybridized carbons (Fsp3) is 0.167. The zero-order valence-corrected chi connectivity index (χ0v) is 18.9. The van der Waals surface area contributed by atoms with Crippen molar-refractivity contribution < 1.29 is 18.0 Å². The van der Waals surface area contributed by atoms with E-state index >= 15 is 0 Å². The van der Waals surface area contributed by atoms with Crippen LogP contribution in [0.1, 0.15) is 29.8 Å². The topological polar surface area (TPSA) is 104 Å². The normalized spacial score (nSPS) is 11.1. The molecule has 166 valence electrons. The molecule has 3 aromatic carbocycles. The van der Waals surface area contributed by atoms with E-state index in [4.69, 9.17) is 0 Å². The van der Waals surface area contributed by atoms with Crippen molar-refractivity contribution in [1.29, 1.82) is 0 Å². The standard InChI is InChI=1S/C24H25N3O4S/c1-16(2)32(30,31)22-12-8-7-11-20(22)23(28)27-21-15-19(14-13-17(21)3)26-24(29)25-18-9-5-4-6-10-18/h4-16H,1-3H3,(H,27,28)(H2,25,26,29). The van der Waals surface area contributed by atoms with Crippen molar-refractivity contribution in [2.45, 2.75) is 30.9 Å². The summed E-state index contributed by atoms with van der Waals surface area (Å²) in [6.07, 6.45) is 0. The number of anilines is 3. The largest absolute Gasteiger partial charge is 0.323 e. The zero-order valence-electron chi connectivity index (χ0n) is 18.0. The predicted octanol–water partition coefficient (Wildman–Crippen LogP) is 5.07. The van der Waals surface area contributed by atoms with Gasteiger partial charge in [0.2, 0.25) is 0 Å². The minimum Gasteiger partial charge on any atom is -0.322 e. The maximum atomic E-state index is 13.0.